The van der Waals surface area contributed by atoms with Gasteiger partial charge in [-0.2, -0.15) is 11.8 Å². The fourth-order valence-electron chi connectivity index (χ4n) is 2.23. The number of carbonyl (C=O) groups excluding carboxylic acids is 1. The van der Waals surface area contributed by atoms with Crippen LogP contribution in [0.25, 0.3) is 0 Å². The molecule has 19 heavy (non-hydrogen) atoms. The van der Waals surface area contributed by atoms with Crippen molar-refractivity contribution in [2.75, 3.05) is 19.8 Å². The van der Waals surface area contributed by atoms with Gasteiger partial charge in [-0.1, -0.05) is 12.8 Å². The summed E-state index contributed by atoms with van der Waals surface area (Å²) >= 11 is 1.80. The Labute approximate surface area is 119 Å². The Morgan fingerprint density at radius 2 is 1.89 bits per heavy atom. The van der Waals surface area contributed by atoms with Crippen LogP contribution in [0.1, 0.15) is 39.5 Å². The molecule has 0 unspecified atom stereocenters. The average Bonchev–Trinajstić information content (AvgIpc) is 2.84. The highest BCUT2D eigenvalue weighted by Crippen LogP contribution is 2.39. The molecule has 0 radical (unpaired) electrons. The number of amides is 2. The molecule has 1 aliphatic rings. The standard InChI is InChI=1S/C13H24N2O3S/c1-12(2,10(16)17)15(3)11(18)14-9-13(19-4)7-5-6-8-13/h5-9H2,1-4H3,(H,14,18)(H,16,17). The summed E-state index contributed by atoms with van der Waals surface area (Å²) in [6.45, 7) is 3.65. The van der Waals surface area contributed by atoms with Crippen LogP contribution >= 0.6 is 11.8 Å². The van der Waals surface area contributed by atoms with Crippen molar-refractivity contribution in [3.63, 3.8) is 0 Å². The monoisotopic (exact) mass is 288 g/mol. The van der Waals surface area contributed by atoms with Crippen LogP contribution in [0.5, 0.6) is 0 Å². The Hall–Kier alpha value is -0.910. The first kappa shape index (κ1) is 16.1. The van der Waals surface area contributed by atoms with E-state index in [0.29, 0.717) is 6.54 Å². The third kappa shape index (κ3) is 3.55. The number of nitrogens with zero attached hydrogens (tertiary/aromatic N) is 1. The highest BCUT2D eigenvalue weighted by molar-refractivity contribution is 8.00. The summed E-state index contributed by atoms with van der Waals surface area (Å²) in [7, 11) is 1.52. The van der Waals surface area contributed by atoms with Crippen molar-refractivity contribution in [2.45, 2.75) is 49.8 Å². The molecule has 6 heteroatoms. The quantitative estimate of drug-likeness (QED) is 0.813. The predicted molar refractivity (Wildman–Crippen MR) is 77.6 cm³/mol. The van der Waals surface area contributed by atoms with Crippen molar-refractivity contribution in [2.24, 2.45) is 0 Å². The van der Waals surface area contributed by atoms with Crippen molar-refractivity contribution >= 4 is 23.8 Å². The molecular weight excluding hydrogens is 264 g/mol. The molecule has 0 aliphatic heterocycles. The predicted octanol–water partition coefficient (Wildman–Crippen LogP) is 2.17. The Kier molecular flexibility index (Phi) is 5.12. The highest BCUT2D eigenvalue weighted by atomic mass is 32.2. The number of urea groups is 1. The molecule has 5 nitrogen and oxygen atoms in total. The average molecular weight is 288 g/mol. The van der Waals surface area contributed by atoms with Gasteiger partial charge >= 0.3 is 12.0 Å². The molecule has 0 atom stereocenters. The molecule has 0 aromatic carbocycles. The highest BCUT2D eigenvalue weighted by Gasteiger charge is 2.37. The van der Waals surface area contributed by atoms with Crippen molar-refractivity contribution in [1.82, 2.24) is 10.2 Å². The van der Waals surface area contributed by atoms with Crippen LogP contribution in [0.15, 0.2) is 0 Å². The maximum Gasteiger partial charge on any atom is 0.329 e. The van der Waals surface area contributed by atoms with Gasteiger partial charge in [0.05, 0.1) is 0 Å². The second kappa shape index (κ2) is 6.03. The minimum Gasteiger partial charge on any atom is -0.480 e. The molecule has 1 fully saturated rings. The van der Waals surface area contributed by atoms with E-state index in [0.717, 1.165) is 12.8 Å². The molecule has 2 amide bonds. The first-order valence-corrected chi connectivity index (χ1v) is 7.78. The van der Waals surface area contributed by atoms with Gasteiger partial charge in [0.2, 0.25) is 0 Å². The molecular formula is C13H24N2O3S. The molecule has 0 aromatic rings. The van der Waals surface area contributed by atoms with Crippen LogP contribution in [0.2, 0.25) is 0 Å². The molecule has 0 saturated heterocycles. The van der Waals surface area contributed by atoms with E-state index in [2.05, 4.69) is 11.6 Å². The minimum atomic E-state index is -1.20. The smallest absolute Gasteiger partial charge is 0.329 e. The van der Waals surface area contributed by atoms with Gasteiger partial charge in [-0.3, -0.25) is 0 Å². The minimum absolute atomic E-state index is 0.129. The van der Waals surface area contributed by atoms with E-state index in [-0.39, 0.29) is 10.8 Å². The number of thioether (sulfide) groups is 1. The maximum atomic E-state index is 12.1. The number of nitrogens with one attached hydrogen (secondary N) is 1. The Morgan fingerprint density at radius 1 is 1.37 bits per heavy atom. The summed E-state index contributed by atoms with van der Waals surface area (Å²) in [5.41, 5.74) is -1.20. The van der Waals surface area contributed by atoms with Crippen molar-refractivity contribution in [3.05, 3.63) is 0 Å². The summed E-state index contributed by atoms with van der Waals surface area (Å²) in [4.78, 5) is 24.4. The lowest BCUT2D eigenvalue weighted by Crippen LogP contribution is -2.55. The Morgan fingerprint density at radius 3 is 2.32 bits per heavy atom. The van der Waals surface area contributed by atoms with Gasteiger partial charge in [-0.25, -0.2) is 9.59 Å². The van der Waals surface area contributed by atoms with Crippen molar-refractivity contribution in [3.8, 4) is 0 Å². The van der Waals surface area contributed by atoms with Crippen LogP contribution in [-0.2, 0) is 4.79 Å². The first-order valence-electron chi connectivity index (χ1n) is 6.55. The van der Waals surface area contributed by atoms with Crippen LogP contribution in [-0.4, -0.2) is 52.1 Å². The topological polar surface area (TPSA) is 69.6 Å². The van der Waals surface area contributed by atoms with Gasteiger partial charge in [0, 0.05) is 18.3 Å². The summed E-state index contributed by atoms with van der Waals surface area (Å²) in [5, 5.41) is 12.0. The molecule has 0 aromatic heterocycles. The number of hydrogen-bond acceptors (Lipinski definition) is 3. The molecule has 1 rings (SSSR count). The molecule has 1 saturated carbocycles. The molecule has 0 heterocycles. The van der Waals surface area contributed by atoms with Gasteiger partial charge in [-0.15, -0.1) is 0 Å². The number of carboxylic acid groups (broad SMARTS) is 1. The van der Waals surface area contributed by atoms with Crippen LogP contribution in [0.3, 0.4) is 0 Å². The van der Waals surface area contributed by atoms with Crippen molar-refractivity contribution in [1.29, 1.82) is 0 Å². The maximum absolute atomic E-state index is 12.1. The van der Waals surface area contributed by atoms with Crippen LogP contribution < -0.4 is 5.32 Å². The van der Waals surface area contributed by atoms with Crippen molar-refractivity contribution < 1.29 is 14.7 Å². The van der Waals surface area contributed by atoms with Crippen LogP contribution in [0.4, 0.5) is 4.79 Å². The van der Waals surface area contributed by atoms with E-state index in [1.165, 1.54) is 38.6 Å². The number of hydrogen-bond donors (Lipinski definition) is 2. The number of carboxylic acids is 1. The lowest BCUT2D eigenvalue weighted by atomic mass is 10.0. The van der Waals surface area contributed by atoms with E-state index < -0.39 is 11.5 Å². The molecule has 110 valence electrons. The number of aliphatic carboxylic acids is 1. The Balaban J connectivity index is 2.58. The zero-order chi connectivity index (χ0) is 14.7. The van der Waals surface area contributed by atoms with E-state index >= 15 is 0 Å². The Bertz CT molecular complexity index is 352. The fourth-order valence-corrected chi connectivity index (χ4v) is 3.14. The van der Waals surface area contributed by atoms with Gasteiger partial charge in [0.1, 0.15) is 5.54 Å². The number of rotatable bonds is 5. The molecule has 2 N–H and O–H groups in total. The molecule has 0 spiro atoms. The number of likely N-dealkylation sites (N-methyl/N-ethyl adjacent to an activating group) is 1. The first-order chi connectivity index (χ1) is 8.75. The molecule has 0 bridgehead atoms. The van der Waals surface area contributed by atoms with Gasteiger partial charge in [0.15, 0.2) is 0 Å². The zero-order valence-electron chi connectivity index (χ0n) is 12.2. The van der Waals surface area contributed by atoms with E-state index in [9.17, 15) is 9.59 Å². The second-order valence-electron chi connectivity index (χ2n) is 5.68. The van der Waals surface area contributed by atoms with Gasteiger partial charge < -0.3 is 15.3 Å². The summed E-state index contributed by atoms with van der Waals surface area (Å²) in [6.07, 6.45) is 6.70. The second-order valence-corrected chi connectivity index (χ2v) is 6.95. The lowest BCUT2D eigenvalue weighted by Gasteiger charge is -2.33. The van der Waals surface area contributed by atoms with E-state index in [4.69, 9.17) is 5.11 Å². The van der Waals surface area contributed by atoms with Crippen LogP contribution in [0, 0.1) is 0 Å². The van der Waals surface area contributed by atoms with E-state index in [1.54, 1.807) is 11.8 Å². The fraction of sp³-hybridized carbons (Fsp3) is 0.846. The SMILES string of the molecule is CSC1(CNC(=O)N(C)C(C)(C)C(=O)O)CCCC1. The molecule has 1 aliphatic carbocycles. The largest absolute Gasteiger partial charge is 0.480 e. The summed E-state index contributed by atoms with van der Waals surface area (Å²) in [6, 6.07) is -0.326. The summed E-state index contributed by atoms with van der Waals surface area (Å²) < 4.78 is 0.129. The van der Waals surface area contributed by atoms with E-state index in [1.807, 2.05) is 0 Å². The number of carbonyl (C=O) groups is 2. The lowest BCUT2D eigenvalue weighted by molar-refractivity contribution is -0.146. The third-order valence-electron chi connectivity index (χ3n) is 4.18. The third-order valence-corrected chi connectivity index (χ3v) is 5.59. The van der Waals surface area contributed by atoms with Gasteiger partial charge in [0.25, 0.3) is 0 Å². The van der Waals surface area contributed by atoms with Gasteiger partial charge in [-0.05, 0) is 32.9 Å². The zero-order valence-corrected chi connectivity index (χ0v) is 13.0. The normalized spacial score (nSPS) is 18.1. The summed E-state index contributed by atoms with van der Waals surface area (Å²) in [5.74, 6) is -1.01.